The van der Waals surface area contributed by atoms with E-state index in [1.807, 2.05) is 42.5 Å². The quantitative estimate of drug-likeness (QED) is 0.708. The SMILES string of the molecule is O=C(O)c1ccccc1CC1CCN(C(=O)c2coc(-c3ccccc3)n2)CC1. The molecule has 29 heavy (non-hydrogen) atoms. The van der Waals surface area contributed by atoms with Crippen molar-refractivity contribution in [2.24, 2.45) is 5.92 Å². The molecule has 0 atom stereocenters. The van der Waals surface area contributed by atoms with Gasteiger partial charge in [0.05, 0.1) is 5.56 Å². The van der Waals surface area contributed by atoms with E-state index in [1.54, 1.807) is 17.0 Å². The minimum Gasteiger partial charge on any atom is -0.478 e. The summed E-state index contributed by atoms with van der Waals surface area (Å²) in [4.78, 5) is 30.3. The maximum absolute atomic E-state index is 12.8. The van der Waals surface area contributed by atoms with Gasteiger partial charge in [-0.1, -0.05) is 36.4 Å². The molecule has 2 aromatic carbocycles. The Morgan fingerprint density at radius 2 is 1.72 bits per heavy atom. The second kappa shape index (κ2) is 8.31. The second-order valence-electron chi connectivity index (χ2n) is 7.31. The lowest BCUT2D eigenvalue weighted by molar-refractivity contribution is 0.0684. The smallest absolute Gasteiger partial charge is 0.335 e. The highest BCUT2D eigenvalue weighted by molar-refractivity contribution is 5.92. The van der Waals surface area contributed by atoms with Crippen LogP contribution >= 0.6 is 0 Å². The largest absolute Gasteiger partial charge is 0.478 e. The summed E-state index contributed by atoms with van der Waals surface area (Å²) in [6.07, 6.45) is 3.80. The molecule has 0 bridgehead atoms. The van der Waals surface area contributed by atoms with Crippen LogP contribution in [0.2, 0.25) is 0 Å². The fourth-order valence-electron chi connectivity index (χ4n) is 3.81. The van der Waals surface area contributed by atoms with Crippen molar-refractivity contribution < 1.29 is 19.1 Å². The predicted molar refractivity (Wildman–Crippen MR) is 108 cm³/mol. The molecule has 3 aromatic rings. The number of rotatable bonds is 5. The average Bonchev–Trinajstić information content (AvgIpc) is 3.25. The zero-order valence-corrected chi connectivity index (χ0v) is 16.0. The number of amides is 1. The van der Waals surface area contributed by atoms with E-state index in [9.17, 15) is 14.7 Å². The van der Waals surface area contributed by atoms with Gasteiger partial charge in [0.15, 0.2) is 5.69 Å². The van der Waals surface area contributed by atoms with E-state index in [1.165, 1.54) is 6.26 Å². The summed E-state index contributed by atoms with van der Waals surface area (Å²) in [5.41, 5.74) is 2.37. The van der Waals surface area contributed by atoms with E-state index in [4.69, 9.17) is 4.42 Å². The van der Waals surface area contributed by atoms with E-state index in [2.05, 4.69) is 4.98 Å². The summed E-state index contributed by atoms with van der Waals surface area (Å²) in [5, 5.41) is 9.35. The third-order valence-electron chi connectivity index (χ3n) is 5.40. The van der Waals surface area contributed by atoms with E-state index in [0.29, 0.717) is 42.6 Å². The van der Waals surface area contributed by atoms with Gasteiger partial charge in [-0.05, 0) is 48.9 Å². The minimum atomic E-state index is -0.895. The number of oxazole rings is 1. The number of carbonyl (C=O) groups is 2. The molecule has 0 radical (unpaired) electrons. The summed E-state index contributed by atoms with van der Waals surface area (Å²) in [6.45, 7) is 1.26. The molecule has 4 rings (SSSR count). The Hall–Kier alpha value is -3.41. The Balaban J connectivity index is 1.37. The van der Waals surface area contributed by atoms with Gasteiger partial charge < -0.3 is 14.4 Å². The fourth-order valence-corrected chi connectivity index (χ4v) is 3.81. The van der Waals surface area contributed by atoms with Gasteiger partial charge in [-0.25, -0.2) is 9.78 Å². The van der Waals surface area contributed by atoms with Gasteiger partial charge in [0, 0.05) is 18.7 Å². The van der Waals surface area contributed by atoms with Gasteiger partial charge in [0.1, 0.15) is 6.26 Å². The molecule has 2 heterocycles. The first-order valence-corrected chi connectivity index (χ1v) is 9.73. The van der Waals surface area contributed by atoms with Crippen LogP contribution in [0.25, 0.3) is 11.5 Å². The topological polar surface area (TPSA) is 83.6 Å². The number of benzene rings is 2. The zero-order valence-electron chi connectivity index (χ0n) is 16.0. The molecule has 1 fully saturated rings. The molecule has 6 heteroatoms. The molecule has 1 aromatic heterocycles. The van der Waals surface area contributed by atoms with Crippen molar-refractivity contribution in [3.63, 3.8) is 0 Å². The van der Waals surface area contributed by atoms with Gasteiger partial charge in [-0.2, -0.15) is 0 Å². The van der Waals surface area contributed by atoms with Crippen LogP contribution in [-0.4, -0.2) is 40.0 Å². The van der Waals surface area contributed by atoms with Crippen LogP contribution in [-0.2, 0) is 6.42 Å². The predicted octanol–water partition coefficient (Wildman–Crippen LogP) is 4.13. The first-order chi connectivity index (χ1) is 14.1. The highest BCUT2D eigenvalue weighted by Crippen LogP contribution is 2.25. The molecular formula is C23H22N2O4. The summed E-state index contributed by atoms with van der Waals surface area (Å²) >= 11 is 0. The van der Waals surface area contributed by atoms with Crippen molar-refractivity contribution in [2.45, 2.75) is 19.3 Å². The van der Waals surface area contributed by atoms with Crippen LogP contribution in [0.4, 0.5) is 0 Å². The number of hydrogen-bond acceptors (Lipinski definition) is 4. The van der Waals surface area contributed by atoms with Crippen molar-refractivity contribution in [3.8, 4) is 11.5 Å². The molecule has 1 aliphatic rings. The number of hydrogen-bond donors (Lipinski definition) is 1. The first kappa shape index (κ1) is 18.9. The molecule has 0 saturated carbocycles. The standard InChI is InChI=1S/C23H22N2O4/c26-22(20-15-29-21(24-20)17-6-2-1-3-7-17)25-12-10-16(11-13-25)14-18-8-4-5-9-19(18)23(27)28/h1-9,15-16H,10-14H2,(H,27,28). The van der Waals surface area contributed by atoms with Crippen LogP contribution < -0.4 is 0 Å². The number of carbonyl (C=O) groups excluding carboxylic acids is 1. The van der Waals surface area contributed by atoms with Crippen molar-refractivity contribution in [2.75, 3.05) is 13.1 Å². The van der Waals surface area contributed by atoms with Crippen molar-refractivity contribution >= 4 is 11.9 Å². The summed E-state index contributed by atoms with van der Waals surface area (Å²) in [5.74, 6) is -0.223. The number of carboxylic acids is 1. The van der Waals surface area contributed by atoms with Crippen LogP contribution in [0, 0.1) is 5.92 Å². The fraction of sp³-hybridized carbons (Fsp3) is 0.261. The van der Waals surface area contributed by atoms with Crippen molar-refractivity contribution in [1.82, 2.24) is 9.88 Å². The Labute approximate surface area is 168 Å². The summed E-state index contributed by atoms with van der Waals surface area (Å²) in [7, 11) is 0. The van der Waals surface area contributed by atoms with Gasteiger partial charge in [0.25, 0.3) is 5.91 Å². The average molecular weight is 390 g/mol. The Kier molecular flexibility index (Phi) is 5.42. The van der Waals surface area contributed by atoms with Crippen molar-refractivity contribution in [3.05, 3.63) is 77.7 Å². The molecule has 0 spiro atoms. The molecule has 1 N–H and O–H groups in total. The maximum Gasteiger partial charge on any atom is 0.335 e. The molecular weight excluding hydrogens is 368 g/mol. The molecule has 1 saturated heterocycles. The number of aromatic carboxylic acids is 1. The normalized spacial score (nSPS) is 14.7. The molecule has 6 nitrogen and oxygen atoms in total. The van der Waals surface area contributed by atoms with Gasteiger partial charge in [-0.3, -0.25) is 4.79 Å². The second-order valence-corrected chi connectivity index (χ2v) is 7.31. The molecule has 1 aliphatic heterocycles. The monoisotopic (exact) mass is 390 g/mol. The lowest BCUT2D eigenvalue weighted by Crippen LogP contribution is -2.39. The lowest BCUT2D eigenvalue weighted by atomic mass is 9.88. The third-order valence-corrected chi connectivity index (χ3v) is 5.40. The van der Waals surface area contributed by atoms with Crippen LogP contribution in [0.15, 0.2) is 65.3 Å². The Morgan fingerprint density at radius 1 is 1.03 bits per heavy atom. The Bertz CT molecular complexity index is 1000. The Morgan fingerprint density at radius 3 is 2.45 bits per heavy atom. The summed E-state index contributed by atoms with van der Waals surface area (Å²) < 4.78 is 5.48. The number of aromatic nitrogens is 1. The number of carboxylic acid groups (broad SMARTS) is 1. The number of likely N-dealkylation sites (tertiary alicyclic amines) is 1. The minimum absolute atomic E-state index is 0.125. The lowest BCUT2D eigenvalue weighted by Gasteiger charge is -2.31. The third kappa shape index (κ3) is 4.21. The maximum atomic E-state index is 12.8. The first-order valence-electron chi connectivity index (χ1n) is 9.73. The molecule has 1 amide bonds. The number of nitrogens with zero attached hydrogens (tertiary/aromatic N) is 2. The van der Waals surface area contributed by atoms with Gasteiger partial charge in [-0.15, -0.1) is 0 Å². The van der Waals surface area contributed by atoms with Crippen LogP contribution in [0.5, 0.6) is 0 Å². The van der Waals surface area contributed by atoms with Crippen LogP contribution in [0.3, 0.4) is 0 Å². The molecule has 0 aliphatic carbocycles. The zero-order chi connectivity index (χ0) is 20.2. The van der Waals surface area contributed by atoms with E-state index in [-0.39, 0.29) is 5.91 Å². The summed E-state index contributed by atoms with van der Waals surface area (Å²) in [6, 6.07) is 16.6. The van der Waals surface area contributed by atoms with E-state index in [0.717, 1.165) is 24.0 Å². The van der Waals surface area contributed by atoms with E-state index >= 15 is 0 Å². The molecule has 148 valence electrons. The number of piperidine rings is 1. The van der Waals surface area contributed by atoms with E-state index < -0.39 is 5.97 Å². The molecule has 0 unspecified atom stereocenters. The highest BCUT2D eigenvalue weighted by atomic mass is 16.4. The highest BCUT2D eigenvalue weighted by Gasteiger charge is 2.26. The van der Waals surface area contributed by atoms with Gasteiger partial charge in [0.2, 0.25) is 5.89 Å². The van der Waals surface area contributed by atoms with Gasteiger partial charge >= 0.3 is 5.97 Å². The van der Waals surface area contributed by atoms with Crippen molar-refractivity contribution in [1.29, 1.82) is 0 Å². The van der Waals surface area contributed by atoms with Crippen LogP contribution in [0.1, 0.15) is 39.3 Å².